The van der Waals surface area contributed by atoms with Gasteiger partial charge in [-0.3, -0.25) is 19.2 Å². The monoisotopic (exact) mass is 647 g/mol. The highest BCUT2D eigenvalue weighted by molar-refractivity contribution is 6.38. The van der Waals surface area contributed by atoms with E-state index in [0.717, 1.165) is 51.4 Å². The topological polar surface area (TPSA) is 113 Å². The van der Waals surface area contributed by atoms with E-state index in [0.29, 0.717) is 43.6 Å². The number of hydrogen-bond donors (Lipinski definition) is 2. The number of hydrogen-bond acceptors (Lipinski definition) is 5. The molecule has 1 saturated heterocycles. The predicted molar refractivity (Wildman–Crippen MR) is 181 cm³/mol. The van der Waals surface area contributed by atoms with Crippen molar-refractivity contribution in [1.29, 1.82) is 0 Å². The number of likely N-dealkylation sites (tertiary alicyclic amines) is 1. The van der Waals surface area contributed by atoms with Crippen LogP contribution in [0.25, 0.3) is 0 Å². The van der Waals surface area contributed by atoms with Crippen LogP contribution in [0, 0.1) is 46.8 Å². The third kappa shape index (κ3) is 6.90. The lowest BCUT2D eigenvalue weighted by Gasteiger charge is -2.56. The third-order valence-corrected chi connectivity index (χ3v) is 13.3. The summed E-state index contributed by atoms with van der Waals surface area (Å²) in [5.41, 5.74) is -0.242. The first kappa shape index (κ1) is 34.1. The average molecular weight is 648 g/mol. The quantitative estimate of drug-likeness (QED) is 0.159. The maximum atomic E-state index is 14.6. The Hall–Kier alpha value is -2.77. The second kappa shape index (κ2) is 13.6. The van der Waals surface area contributed by atoms with E-state index < -0.39 is 29.6 Å². The van der Waals surface area contributed by atoms with Crippen molar-refractivity contribution in [3.05, 3.63) is 25.3 Å². The summed E-state index contributed by atoms with van der Waals surface area (Å²) in [6, 6.07) is -1.57. The second-order valence-electron chi connectivity index (χ2n) is 16.9. The van der Waals surface area contributed by atoms with Gasteiger partial charge in [0.05, 0.1) is 6.04 Å². The molecule has 0 spiro atoms. The Kier molecular flexibility index (Phi) is 9.88. The number of carbonyl (C=O) groups excluding carboxylic acids is 5. The molecule has 1 heterocycles. The molecule has 7 aliphatic rings. The molecular formula is C39H57N3O5. The van der Waals surface area contributed by atoms with Crippen molar-refractivity contribution in [3.63, 3.8) is 0 Å². The van der Waals surface area contributed by atoms with Crippen LogP contribution in [-0.4, -0.2) is 58.4 Å². The molecule has 7 rings (SSSR count). The van der Waals surface area contributed by atoms with Crippen molar-refractivity contribution in [2.45, 2.75) is 134 Å². The van der Waals surface area contributed by atoms with Gasteiger partial charge >= 0.3 is 6.03 Å². The van der Waals surface area contributed by atoms with Crippen molar-refractivity contribution < 1.29 is 24.0 Å². The Balaban J connectivity index is 1.19. The normalized spacial score (nSPS) is 34.6. The molecule has 0 aromatic heterocycles. The highest BCUT2D eigenvalue weighted by Crippen LogP contribution is 2.65. The number of nitrogens with zero attached hydrogens (tertiary/aromatic N) is 1. The third-order valence-electron chi connectivity index (χ3n) is 13.3. The number of piperidine rings is 1. The zero-order chi connectivity index (χ0) is 33.5. The van der Waals surface area contributed by atoms with E-state index in [2.05, 4.69) is 37.6 Å². The Morgan fingerprint density at radius 2 is 1.51 bits per heavy atom. The van der Waals surface area contributed by atoms with E-state index in [1.54, 1.807) is 17.1 Å². The van der Waals surface area contributed by atoms with Gasteiger partial charge in [-0.05, 0) is 112 Å². The second-order valence-corrected chi connectivity index (χ2v) is 16.9. The molecule has 47 heavy (non-hydrogen) atoms. The van der Waals surface area contributed by atoms with Crippen LogP contribution in [0.1, 0.15) is 117 Å². The zero-order valence-electron chi connectivity index (χ0n) is 28.8. The summed E-state index contributed by atoms with van der Waals surface area (Å²) < 4.78 is 0. The van der Waals surface area contributed by atoms with Gasteiger partial charge in [0.15, 0.2) is 11.6 Å². The minimum absolute atomic E-state index is 0.0124. The molecule has 1 aliphatic heterocycles. The van der Waals surface area contributed by atoms with Gasteiger partial charge in [-0.15, -0.1) is 13.2 Å². The number of urea groups is 1. The van der Waals surface area contributed by atoms with E-state index in [4.69, 9.17) is 0 Å². The highest BCUT2D eigenvalue weighted by atomic mass is 16.2. The van der Waals surface area contributed by atoms with E-state index in [1.807, 2.05) is 0 Å². The van der Waals surface area contributed by atoms with Crippen LogP contribution in [-0.2, 0) is 19.2 Å². The van der Waals surface area contributed by atoms with Crippen LogP contribution in [0.4, 0.5) is 4.79 Å². The molecule has 5 atom stereocenters. The van der Waals surface area contributed by atoms with Crippen LogP contribution < -0.4 is 10.6 Å². The number of rotatable bonds is 15. The fraction of sp³-hybridized carbons (Fsp3) is 0.769. The molecule has 0 radical (unpaired) electrons. The fourth-order valence-corrected chi connectivity index (χ4v) is 11.2. The Morgan fingerprint density at radius 1 is 0.894 bits per heavy atom. The average Bonchev–Trinajstić information content (AvgIpc) is 3.34. The smallest absolute Gasteiger partial charge is 0.315 e. The largest absolute Gasteiger partial charge is 0.333 e. The van der Waals surface area contributed by atoms with Gasteiger partial charge in [0.1, 0.15) is 6.04 Å². The number of fused-ring (bicyclic) bond motifs is 1. The van der Waals surface area contributed by atoms with E-state index in [9.17, 15) is 24.0 Å². The Bertz CT molecular complexity index is 1250. The molecule has 4 bridgehead atoms. The van der Waals surface area contributed by atoms with Crippen LogP contribution >= 0.6 is 0 Å². The molecule has 258 valence electrons. The molecule has 7 fully saturated rings. The molecule has 0 aromatic carbocycles. The van der Waals surface area contributed by atoms with Crippen molar-refractivity contribution >= 4 is 29.3 Å². The van der Waals surface area contributed by atoms with Crippen LogP contribution in [0.5, 0.6) is 0 Å². The number of Topliss-reactive ketones (excluding diaryl/α,β-unsaturated/α-hetero) is 3. The van der Waals surface area contributed by atoms with Gasteiger partial charge in [-0.2, -0.15) is 0 Å². The predicted octanol–water partition coefficient (Wildman–Crippen LogP) is 6.33. The van der Waals surface area contributed by atoms with Crippen LogP contribution in [0.3, 0.4) is 0 Å². The molecule has 6 saturated carbocycles. The van der Waals surface area contributed by atoms with Gasteiger partial charge in [0.25, 0.3) is 0 Å². The van der Waals surface area contributed by atoms with E-state index in [-0.39, 0.29) is 59.3 Å². The van der Waals surface area contributed by atoms with Crippen molar-refractivity contribution in [2.24, 2.45) is 46.8 Å². The molecule has 2 N–H and O–H groups in total. The van der Waals surface area contributed by atoms with E-state index >= 15 is 0 Å². The zero-order valence-corrected chi connectivity index (χ0v) is 28.8. The standard InChI is InChI=1S/C39H57N3O5/c1-5-7-12-28(35(45)30(43)15-8-6-2)19-31(44)34-32-29(38(32,3)4)23-42(34)36(46)33(27-13-10-9-11-14-27)40-37(47)41-39-20-24-16-25(21-39)18-26(17-24)22-39/h5-6,24-29,32-34H,1-2,7-23H2,3-4H3,(H2,40,41,47)/t24?,25?,26?,28?,29-,32-,33-,34+,39?/m0/s1. The van der Waals surface area contributed by atoms with E-state index in [1.165, 1.54) is 19.3 Å². The lowest BCUT2D eigenvalue weighted by Crippen LogP contribution is -2.64. The van der Waals surface area contributed by atoms with Crippen molar-refractivity contribution in [1.82, 2.24) is 15.5 Å². The van der Waals surface area contributed by atoms with Crippen molar-refractivity contribution in [3.8, 4) is 0 Å². The molecule has 1 unspecified atom stereocenters. The minimum Gasteiger partial charge on any atom is -0.333 e. The number of allylic oxidation sites excluding steroid dienone is 2. The summed E-state index contributed by atoms with van der Waals surface area (Å²) >= 11 is 0. The summed E-state index contributed by atoms with van der Waals surface area (Å²) in [6.45, 7) is 12.2. The number of carbonyl (C=O) groups is 5. The molecule has 6 aliphatic carbocycles. The van der Waals surface area contributed by atoms with Gasteiger partial charge < -0.3 is 15.5 Å². The highest BCUT2D eigenvalue weighted by Gasteiger charge is 2.69. The van der Waals surface area contributed by atoms with Crippen molar-refractivity contribution in [2.75, 3.05) is 6.54 Å². The Morgan fingerprint density at radius 3 is 2.11 bits per heavy atom. The number of ketones is 3. The maximum Gasteiger partial charge on any atom is 0.315 e. The van der Waals surface area contributed by atoms with Gasteiger partial charge in [0.2, 0.25) is 11.7 Å². The summed E-state index contributed by atoms with van der Waals surface area (Å²) in [7, 11) is 0. The summed E-state index contributed by atoms with van der Waals surface area (Å²) in [5, 5.41) is 6.62. The van der Waals surface area contributed by atoms with Crippen LogP contribution in [0.2, 0.25) is 0 Å². The van der Waals surface area contributed by atoms with Gasteiger partial charge in [-0.1, -0.05) is 45.3 Å². The Labute approximate surface area is 281 Å². The number of amides is 3. The lowest BCUT2D eigenvalue weighted by molar-refractivity contribution is -0.144. The first-order valence-electron chi connectivity index (χ1n) is 18.7. The maximum absolute atomic E-state index is 14.6. The molecular weight excluding hydrogens is 590 g/mol. The van der Waals surface area contributed by atoms with Crippen LogP contribution in [0.15, 0.2) is 25.3 Å². The first-order valence-corrected chi connectivity index (χ1v) is 18.7. The summed E-state index contributed by atoms with van der Waals surface area (Å²) in [4.78, 5) is 70.4. The lowest BCUT2D eigenvalue weighted by atomic mass is 9.53. The molecule has 0 aromatic rings. The minimum atomic E-state index is -0.728. The molecule has 3 amide bonds. The first-order chi connectivity index (χ1) is 22.5. The summed E-state index contributed by atoms with van der Waals surface area (Å²) in [6.07, 6.45) is 16.6. The van der Waals surface area contributed by atoms with Gasteiger partial charge in [0, 0.05) is 30.8 Å². The molecule has 8 nitrogen and oxygen atoms in total. The summed E-state index contributed by atoms with van der Waals surface area (Å²) in [5.74, 6) is 0.330. The van der Waals surface area contributed by atoms with Gasteiger partial charge in [-0.25, -0.2) is 4.79 Å². The SMILES string of the molecule is C=CCCC(=O)C(=O)C(CCC=C)CC(=O)[C@@H]1[C@@H]2[C@H](CN1C(=O)[C@@H](NC(=O)NC13CC4CC(CC(C4)C1)C3)C1CCCCC1)C2(C)C. The molecule has 8 heteroatoms. The fourth-order valence-electron chi connectivity index (χ4n) is 11.2. The number of nitrogens with one attached hydrogen (secondary N) is 2.